The molecule has 2 aromatic carbocycles. The molecule has 3 rings (SSSR count). The van der Waals surface area contributed by atoms with Crippen molar-refractivity contribution >= 4 is 62.5 Å². The summed E-state index contributed by atoms with van der Waals surface area (Å²) in [5.74, 6) is -0.227. The number of hydrogen-bond acceptors (Lipinski definition) is 4. The zero-order valence-electron chi connectivity index (χ0n) is 13.9. The normalized spacial score (nSPS) is 10.4. The first-order valence-corrected chi connectivity index (χ1v) is 9.99. The Kier molecular flexibility index (Phi) is 6.60. The summed E-state index contributed by atoms with van der Waals surface area (Å²) in [5.41, 5.74) is 0.853. The van der Waals surface area contributed by atoms with Gasteiger partial charge >= 0.3 is 0 Å². The Balaban J connectivity index is 1.65. The molecule has 27 heavy (non-hydrogen) atoms. The SMILES string of the molecule is O=C(CSc1ccc(Br)cc1)Nc1ccc(Cl)cc1NC(=O)c1ccco1. The van der Waals surface area contributed by atoms with E-state index in [1.54, 1.807) is 30.3 Å². The first-order valence-electron chi connectivity index (χ1n) is 7.84. The fourth-order valence-electron chi connectivity index (χ4n) is 2.19. The number of carbonyl (C=O) groups excluding carboxylic acids is 2. The van der Waals surface area contributed by atoms with Gasteiger partial charge in [0.05, 0.1) is 23.4 Å². The summed E-state index contributed by atoms with van der Waals surface area (Å²) in [6, 6.07) is 15.7. The number of anilines is 2. The number of furan rings is 1. The van der Waals surface area contributed by atoms with E-state index in [1.165, 1.54) is 18.0 Å². The van der Waals surface area contributed by atoms with Gasteiger partial charge in [0.15, 0.2) is 5.76 Å². The zero-order chi connectivity index (χ0) is 19.2. The van der Waals surface area contributed by atoms with Crippen LogP contribution >= 0.6 is 39.3 Å². The average molecular weight is 466 g/mol. The van der Waals surface area contributed by atoms with Gasteiger partial charge in [-0.1, -0.05) is 27.5 Å². The number of benzene rings is 2. The van der Waals surface area contributed by atoms with Crippen LogP contribution in [0.4, 0.5) is 11.4 Å². The number of nitrogens with one attached hydrogen (secondary N) is 2. The van der Waals surface area contributed by atoms with Crippen molar-refractivity contribution in [2.45, 2.75) is 4.90 Å². The highest BCUT2D eigenvalue weighted by molar-refractivity contribution is 9.10. The Labute approximate surface area is 173 Å². The Morgan fingerprint density at radius 1 is 1.04 bits per heavy atom. The summed E-state index contributed by atoms with van der Waals surface area (Å²) in [4.78, 5) is 25.5. The van der Waals surface area contributed by atoms with Crippen LogP contribution < -0.4 is 10.6 Å². The van der Waals surface area contributed by atoms with E-state index in [-0.39, 0.29) is 17.4 Å². The summed E-state index contributed by atoms with van der Waals surface area (Å²) in [7, 11) is 0. The van der Waals surface area contributed by atoms with Crippen LogP contribution in [0, 0.1) is 0 Å². The minimum absolute atomic E-state index is 0.165. The lowest BCUT2D eigenvalue weighted by molar-refractivity contribution is -0.113. The summed E-state index contributed by atoms with van der Waals surface area (Å²) in [6.45, 7) is 0. The lowest BCUT2D eigenvalue weighted by atomic mass is 10.2. The van der Waals surface area contributed by atoms with Crippen LogP contribution in [0.15, 0.2) is 74.6 Å². The minimum Gasteiger partial charge on any atom is -0.459 e. The second-order valence-corrected chi connectivity index (χ2v) is 7.81. The van der Waals surface area contributed by atoms with Crippen molar-refractivity contribution in [1.82, 2.24) is 0 Å². The van der Waals surface area contributed by atoms with E-state index in [2.05, 4.69) is 26.6 Å². The predicted molar refractivity (Wildman–Crippen MR) is 112 cm³/mol. The van der Waals surface area contributed by atoms with Crippen LogP contribution in [-0.4, -0.2) is 17.6 Å². The molecule has 1 aromatic heterocycles. The molecule has 0 radical (unpaired) electrons. The van der Waals surface area contributed by atoms with Crippen molar-refractivity contribution in [1.29, 1.82) is 0 Å². The zero-order valence-corrected chi connectivity index (χ0v) is 17.0. The largest absolute Gasteiger partial charge is 0.459 e. The molecule has 1 heterocycles. The van der Waals surface area contributed by atoms with Gasteiger partial charge in [0.2, 0.25) is 5.91 Å². The van der Waals surface area contributed by atoms with Gasteiger partial charge in [-0.25, -0.2) is 0 Å². The molecular weight excluding hydrogens is 452 g/mol. The number of thioether (sulfide) groups is 1. The van der Waals surface area contributed by atoms with Crippen molar-refractivity contribution < 1.29 is 14.0 Å². The fourth-order valence-corrected chi connectivity index (χ4v) is 3.32. The average Bonchev–Trinajstić information content (AvgIpc) is 3.18. The third kappa shape index (κ3) is 5.63. The van der Waals surface area contributed by atoms with Gasteiger partial charge in [-0.2, -0.15) is 0 Å². The third-order valence-electron chi connectivity index (χ3n) is 3.43. The molecule has 0 fully saturated rings. The maximum absolute atomic E-state index is 12.3. The molecule has 0 aliphatic heterocycles. The van der Waals surface area contributed by atoms with Gasteiger partial charge in [-0.3, -0.25) is 9.59 Å². The number of hydrogen-bond donors (Lipinski definition) is 2. The highest BCUT2D eigenvalue weighted by Gasteiger charge is 2.14. The lowest BCUT2D eigenvalue weighted by Gasteiger charge is -2.12. The molecular formula is C19H14BrClN2O3S. The highest BCUT2D eigenvalue weighted by atomic mass is 79.9. The smallest absolute Gasteiger partial charge is 0.291 e. The standard InChI is InChI=1S/C19H14BrClN2O3S/c20-12-3-6-14(7-4-12)27-11-18(24)22-15-8-5-13(21)10-16(15)23-19(25)17-2-1-9-26-17/h1-10H,11H2,(H,22,24)(H,23,25). The molecule has 0 aliphatic rings. The van der Waals surface area contributed by atoms with Crippen LogP contribution in [0.5, 0.6) is 0 Å². The van der Waals surface area contributed by atoms with Crippen LogP contribution in [0.3, 0.4) is 0 Å². The Hall–Kier alpha value is -2.22. The Bertz CT molecular complexity index is 946. The maximum Gasteiger partial charge on any atom is 0.291 e. The minimum atomic E-state index is -0.429. The number of halogens is 2. The predicted octanol–water partition coefficient (Wildman–Crippen LogP) is 5.68. The number of amides is 2. The van der Waals surface area contributed by atoms with Crippen molar-refractivity contribution in [2.24, 2.45) is 0 Å². The van der Waals surface area contributed by atoms with Gasteiger partial charge in [0.25, 0.3) is 5.91 Å². The third-order valence-corrected chi connectivity index (χ3v) is 5.21. The van der Waals surface area contributed by atoms with Crippen LogP contribution in [0.2, 0.25) is 5.02 Å². The Morgan fingerprint density at radius 3 is 2.52 bits per heavy atom. The van der Waals surface area contributed by atoms with Gasteiger partial charge in [0.1, 0.15) is 0 Å². The van der Waals surface area contributed by atoms with Gasteiger partial charge in [-0.15, -0.1) is 11.8 Å². The van der Waals surface area contributed by atoms with E-state index in [4.69, 9.17) is 16.0 Å². The summed E-state index contributed by atoms with van der Waals surface area (Å²) < 4.78 is 6.06. The van der Waals surface area contributed by atoms with Gasteiger partial charge in [0, 0.05) is 14.4 Å². The van der Waals surface area contributed by atoms with Crippen LogP contribution in [0.25, 0.3) is 0 Å². The highest BCUT2D eigenvalue weighted by Crippen LogP contribution is 2.27. The van der Waals surface area contributed by atoms with E-state index < -0.39 is 5.91 Å². The van der Waals surface area contributed by atoms with Gasteiger partial charge in [-0.05, 0) is 54.6 Å². The maximum atomic E-state index is 12.3. The fraction of sp³-hybridized carbons (Fsp3) is 0.0526. The van der Waals surface area contributed by atoms with E-state index in [0.29, 0.717) is 16.4 Å². The molecule has 138 valence electrons. The Morgan fingerprint density at radius 2 is 1.81 bits per heavy atom. The molecule has 0 bridgehead atoms. The van der Waals surface area contributed by atoms with Crippen molar-refractivity contribution in [3.05, 3.63) is 76.1 Å². The molecule has 0 unspecified atom stereocenters. The molecule has 0 aliphatic carbocycles. The van der Waals surface area contributed by atoms with Crippen molar-refractivity contribution in [3.63, 3.8) is 0 Å². The van der Waals surface area contributed by atoms with Crippen LogP contribution in [0.1, 0.15) is 10.6 Å². The molecule has 0 atom stereocenters. The molecule has 0 saturated heterocycles. The lowest BCUT2D eigenvalue weighted by Crippen LogP contribution is -2.17. The molecule has 3 aromatic rings. The quantitative estimate of drug-likeness (QED) is 0.460. The summed E-state index contributed by atoms with van der Waals surface area (Å²) >= 11 is 10.8. The molecule has 5 nitrogen and oxygen atoms in total. The second-order valence-electron chi connectivity index (χ2n) is 5.41. The van der Waals surface area contributed by atoms with E-state index in [1.807, 2.05) is 24.3 Å². The molecule has 0 saturated carbocycles. The first-order chi connectivity index (χ1) is 13.0. The number of carbonyl (C=O) groups is 2. The molecule has 2 amide bonds. The van der Waals surface area contributed by atoms with E-state index in [0.717, 1.165) is 9.37 Å². The molecule has 0 spiro atoms. The molecule has 8 heteroatoms. The topological polar surface area (TPSA) is 71.3 Å². The molecule has 2 N–H and O–H groups in total. The first kappa shape index (κ1) is 19.5. The summed E-state index contributed by atoms with van der Waals surface area (Å²) in [6.07, 6.45) is 1.41. The van der Waals surface area contributed by atoms with Gasteiger partial charge < -0.3 is 15.1 Å². The second kappa shape index (κ2) is 9.12. The number of rotatable bonds is 6. The van der Waals surface area contributed by atoms with Crippen molar-refractivity contribution in [3.8, 4) is 0 Å². The monoisotopic (exact) mass is 464 g/mol. The van der Waals surface area contributed by atoms with E-state index in [9.17, 15) is 9.59 Å². The van der Waals surface area contributed by atoms with Crippen LogP contribution in [-0.2, 0) is 4.79 Å². The van der Waals surface area contributed by atoms with Crippen molar-refractivity contribution in [2.75, 3.05) is 16.4 Å². The van der Waals surface area contributed by atoms with E-state index >= 15 is 0 Å². The summed E-state index contributed by atoms with van der Waals surface area (Å²) in [5, 5.41) is 5.93.